The van der Waals surface area contributed by atoms with Gasteiger partial charge in [-0.2, -0.15) is 0 Å². The van der Waals surface area contributed by atoms with E-state index in [1.54, 1.807) is 18.3 Å². The minimum Gasteiger partial charge on any atom is -0.465 e. The molecule has 19 heavy (non-hydrogen) atoms. The first-order chi connectivity index (χ1) is 9.10. The van der Waals surface area contributed by atoms with Crippen molar-refractivity contribution in [2.45, 2.75) is 26.8 Å². The van der Waals surface area contributed by atoms with Gasteiger partial charge in [-0.1, -0.05) is 5.11 Å². The van der Waals surface area contributed by atoms with Gasteiger partial charge in [0.05, 0.1) is 6.61 Å². The second-order valence-electron chi connectivity index (χ2n) is 3.96. The van der Waals surface area contributed by atoms with E-state index >= 15 is 0 Å². The number of ether oxygens (including phenoxy) is 1. The summed E-state index contributed by atoms with van der Waals surface area (Å²) in [6.45, 7) is 6.84. The summed E-state index contributed by atoms with van der Waals surface area (Å²) in [7, 11) is 0. The smallest absolute Gasteiger partial charge is 0.327 e. The number of nitrogens with zero attached hydrogens (tertiary/aromatic N) is 3. The van der Waals surface area contributed by atoms with Crippen LogP contribution in [0.4, 0.5) is 0 Å². The van der Waals surface area contributed by atoms with Crippen molar-refractivity contribution >= 4 is 17.3 Å². The SMILES string of the molecule is CCOC(=O)C(NCCN=[N+]=[N-])c1cc(C)sc1C. The molecule has 1 unspecified atom stereocenters. The number of hydrogen-bond donors (Lipinski definition) is 1. The van der Waals surface area contributed by atoms with Gasteiger partial charge in [0.15, 0.2) is 0 Å². The fraction of sp³-hybridized carbons (Fsp3) is 0.583. The topological polar surface area (TPSA) is 87.1 Å². The van der Waals surface area contributed by atoms with Gasteiger partial charge >= 0.3 is 5.97 Å². The summed E-state index contributed by atoms with van der Waals surface area (Å²) < 4.78 is 5.08. The van der Waals surface area contributed by atoms with Gasteiger partial charge in [0.25, 0.3) is 0 Å². The number of thiophene rings is 1. The molecule has 0 aliphatic rings. The highest BCUT2D eigenvalue weighted by atomic mass is 32.1. The summed E-state index contributed by atoms with van der Waals surface area (Å²) >= 11 is 1.65. The van der Waals surface area contributed by atoms with E-state index in [0.29, 0.717) is 19.7 Å². The van der Waals surface area contributed by atoms with Gasteiger partial charge in [0.1, 0.15) is 6.04 Å². The van der Waals surface area contributed by atoms with Crippen LogP contribution in [0.5, 0.6) is 0 Å². The number of esters is 1. The average Bonchev–Trinajstić information content (AvgIpc) is 2.68. The zero-order chi connectivity index (χ0) is 14.3. The highest BCUT2D eigenvalue weighted by Crippen LogP contribution is 2.27. The molecule has 0 bridgehead atoms. The van der Waals surface area contributed by atoms with Crippen molar-refractivity contribution in [2.24, 2.45) is 5.11 Å². The number of rotatable bonds is 7. The van der Waals surface area contributed by atoms with Gasteiger partial charge in [0, 0.05) is 27.8 Å². The van der Waals surface area contributed by atoms with Gasteiger partial charge in [-0.25, -0.2) is 4.79 Å². The molecular weight excluding hydrogens is 264 g/mol. The first-order valence-corrected chi connectivity index (χ1v) is 6.89. The predicted octanol–water partition coefficient (Wildman–Crippen LogP) is 2.87. The lowest BCUT2D eigenvalue weighted by atomic mass is 10.1. The van der Waals surface area contributed by atoms with Crippen LogP contribution in [0, 0.1) is 13.8 Å². The number of aryl methyl sites for hydroxylation is 2. The van der Waals surface area contributed by atoms with Crippen molar-refractivity contribution in [3.63, 3.8) is 0 Å². The number of azide groups is 1. The maximum atomic E-state index is 12.0. The van der Waals surface area contributed by atoms with Crippen molar-refractivity contribution in [1.29, 1.82) is 0 Å². The molecule has 104 valence electrons. The van der Waals surface area contributed by atoms with Crippen LogP contribution in [0.1, 0.15) is 28.3 Å². The standard InChI is InChI=1S/C12H18N4O2S/c1-4-18-12(17)11(14-5-6-15-16-13)10-7-8(2)19-9(10)3/h7,11,14H,4-6H2,1-3H3. The minimum atomic E-state index is -0.501. The number of carbonyl (C=O) groups is 1. The monoisotopic (exact) mass is 282 g/mol. The predicted molar refractivity (Wildman–Crippen MR) is 75.2 cm³/mol. The molecule has 1 aromatic rings. The van der Waals surface area contributed by atoms with Crippen molar-refractivity contribution in [1.82, 2.24) is 5.32 Å². The summed E-state index contributed by atoms with van der Waals surface area (Å²) in [6, 6.07) is 1.49. The van der Waals surface area contributed by atoms with Crippen LogP contribution in [0.15, 0.2) is 11.2 Å². The van der Waals surface area contributed by atoms with Crippen LogP contribution in [0.3, 0.4) is 0 Å². The van der Waals surface area contributed by atoms with E-state index in [0.717, 1.165) is 15.3 Å². The van der Waals surface area contributed by atoms with Crippen LogP contribution in [0.25, 0.3) is 10.4 Å². The third-order valence-electron chi connectivity index (χ3n) is 2.54. The second-order valence-corrected chi connectivity index (χ2v) is 5.42. The number of hydrogen-bond acceptors (Lipinski definition) is 5. The molecule has 1 heterocycles. The van der Waals surface area contributed by atoms with Crippen LogP contribution in [0.2, 0.25) is 0 Å². The van der Waals surface area contributed by atoms with Gasteiger partial charge in [-0.3, -0.25) is 0 Å². The maximum absolute atomic E-state index is 12.0. The van der Waals surface area contributed by atoms with E-state index in [1.165, 1.54) is 0 Å². The fourth-order valence-electron chi connectivity index (χ4n) is 1.79. The zero-order valence-electron chi connectivity index (χ0n) is 11.3. The Morgan fingerprint density at radius 2 is 2.37 bits per heavy atom. The average molecular weight is 282 g/mol. The molecule has 0 aliphatic carbocycles. The Labute approximate surface area is 116 Å². The molecule has 7 heteroatoms. The van der Waals surface area contributed by atoms with Crippen molar-refractivity contribution < 1.29 is 9.53 Å². The Morgan fingerprint density at radius 1 is 1.63 bits per heavy atom. The van der Waals surface area contributed by atoms with Gasteiger partial charge in [-0.15, -0.1) is 11.3 Å². The molecule has 6 nitrogen and oxygen atoms in total. The lowest BCUT2D eigenvalue weighted by Crippen LogP contribution is -2.32. The Kier molecular flexibility index (Phi) is 6.35. The van der Waals surface area contributed by atoms with E-state index in [9.17, 15) is 4.79 Å². The molecule has 0 spiro atoms. The molecular formula is C12H18N4O2S. The third-order valence-corrected chi connectivity index (χ3v) is 3.52. The number of nitrogens with one attached hydrogen (secondary N) is 1. The molecule has 0 fully saturated rings. The normalized spacial score (nSPS) is 11.7. The Hall–Kier alpha value is -1.56. The molecule has 0 saturated carbocycles. The van der Waals surface area contributed by atoms with Gasteiger partial charge < -0.3 is 10.1 Å². The Bertz CT molecular complexity index is 480. The largest absolute Gasteiger partial charge is 0.465 e. The molecule has 1 rings (SSSR count). The fourth-order valence-corrected chi connectivity index (χ4v) is 2.75. The Balaban J connectivity index is 2.82. The molecule has 1 N–H and O–H groups in total. The summed E-state index contributed by atoms with van der Waals surface area (Å²) in [6.07, 6.45) is 0. The number of carbonyl (C=O) groups excluding carboxylic acids is 1. The van der Waals surface area contributed by atoms with E-state index < -0.39 is 6.04 Å². The molecule has 1 atom stereocenters. The van der Waals surface area contributed by atoms with E-state index in [4.69, 9.17) is 10.3 Å². The molecule has 0 saturated heterocycles. The Morgan fingerprint density at radius 3 is 2.89 bits per heavy atom. The van der Waals surface area contributed by atoms with Crippen LogP contribution in [-0.2, 0) is 9.53 Å². The third kappa shape index (κ3) is 4.55. The van der Waals surface area contributed by atoms with Crippen molar-refractivity contribution in [2.75, 3.05) is 19.7 Å². The van der Waals surface area contributed by atoms with Crippen LogP contribution in [-0.4, -0.2) is 25.7 Å². The van der Waals surface area contributed by atoms with Crippen molar-refractivity contribution in [3.05, 3.63) is 31.8 Å². The van der Waals surface area contributed by atoms with Crippen LogP contribution < -0.4 is 5.32 Å². The quantitative estimate of drug-likeness (QED) is 0.274. The van der Waals surface area contributed by atoms with Crippen molar-refractivity contribution in [3.8, 4) is 0 Å². The summed E-state index contributed by atoms with van der Waals surface area (Å²) in [5.41, 5.74) is 9.16. The molecule has 0 amide bonds. The van der Waals surface area contributed by atoms with Gasteiger partial charge in [0.2, 0.25) is 0 Å². The van der Waals surface area contributed by atoms with E-state index in [-0.39, 0.29) is 5.97 Å². The lowest BCUT2D eigenvalue weighted by Gasteiger charge is -2.16. The van der Waals surface area contributed by atoms with Crippen LogP contribution >= 0.6 is 11.3 Å². The maximum Gasteiger partial charge on any atom is 0.327 e. The molecule has 0 radical (unpaired) electrons. The second kappa shape index (κ2) is 7.78. The van der Waals surface area contributed by atoms with E-state index in [2.05, 4.69) is 15.3 Å². The highest BCUT2D eigenvalue weighted by molar-refractivity contribution is 7.12. The summed E-state index contributed by atoms with van der Waals surface area (Å²) in [5.74, 6) is -0.302. The van der Waals surface area contributed by atoms with Gasteiger partial charge in [-0.05, 0) is 37.9 Å². The molecule has 0 aromatic carbocycles. The highest BCUT2D eigenvalue weighted by Gasteiger charge is 2.24. The van der Waals surface area contributed by atoms with E-state index in [1.807, 2.05) is 19.9 Å². The first kappa shape index (κ1) is 15.5. The summed E-state index contributed by atoms with van der Waals surface area (Å²) in [5, 5.41) is 6.52. The summed E-state index contributed by atoms with van der Waals surface area (Å²) in [4.78, 5) is 16.9. The first-order valence-electron chi connectivity index (χ1n) is 6.08. The minimum absolute atomic E-state index is 0.300. The zero-order valence-corrected chi connectivity index (χ0v) is 12.2. The lowest BCUT2D eigenvalue weighted by molar-refractivity contribution is -0.145. The molecule has 1 aromatic heterocycles. The molecule has 0 aliphatic heterocycles.